The first-order chi connectivity index (χ1) is 10.7. The number of nitrogens with zero attached hydrogens (tertiary/aromatic N) is 1. The Hall–Kier alpha value is -2.23. The molecule has 1 aromatic carbocycles. The highest BCUT2D eigenvalue weighted by Crippen LogP contribution is 2.24. The normalized spacial score (nSPS) is 12.6. The van der Waals surface area contributed by atoms with E-state index in [0.29, 0.717) is 0 Å². The van der Waals surface area contributed by atoms with E-state index < -0.39 is 0 Å². The number of aryl methyl sites for hydroxylation is 1. The fraction of sp³-hybridized carbons (Fsp3) is 0.105. The molecule has 0 aliphatic rings. The van der Waals surface area contributed by atoms with E-state index in [1.165, 1.54) is 4.88 Å². The van der Waals surface area contributed by atoms with E-state index in [-0.39, 0.29) is 6.04 Å². The molecular weight excluding hydrogens is 288 g/mol. The number of thiophene rings is 1. The van der Waals surface area contributed by atoms with Crippen LogP contribution in [0.4, 0.5) is 0 Å². The smallest absolute Gasteiger partial charge is 0.0645 e. The lowest BCUT2D eigenvalue weighted by molar-refractivity contribution is 0.893. The van der Waals surface area contributed by atoms with Crippen LogP contribution >= 0.6 is 11.3 Å². The predicted octanol–water partition coefficient (Wildman–Crippen LogP) is 4.67. The number of rotatable bonds is 4. The molecule has 0 saturated heterocycles. The van der Waals surface area contributed by atoms with Gasteiger partial charge in [0.15, 0.2) is 0 Å². The Morgan fingerprint density at radius 1 is 1.00 bits per heavy atom. The van der Waals surface area contributed by atoms with Crippen LogP contribution in [0.25, 0.3) is 12.2 Å². The van der Waals surface area contributed by atoms with Crippen LogP contribution in [0.3, 0.4) is 0 Å². The van der Waals surface area contributed by atoms with Crippen LogP contribution in [0.1, 0.15) is 33.4 Å². The highest BCUT2D eigenvalue weighted by molar-refractivity contribution is 7.10. The summed E-state index contributed by atoms with van der Waals surface area (Å²) in [4.78, 5) is 5.65. The minimum Gasteiger partial charge on any atom is -0.320 e. The Morgan fingerprint density at radius 3 is 2.50 bits per heavy atom. The summed E-state index contributed by atoms with van der Waals surface area (Å²) in [5.41, 5.74) is 10.6. The van der Waals surface area contributed by atoms with Crippen molar-refractivity contribution in [1.29, 1.82) is 0 Å². The van der Waals surface area contributed by atoms with E-state index >= 15 is 0 Å². The van der Waals surface area contributed by atoms with Crippen molar-refractivity contribution in [2.75, 3.05) is 0 Å². The fourth-order valence-corrected chi connectivity index (χ4v) is 3.04. The molecule has 0 aliphatic heterocycles. The van der Waals surface area contributed by atoms with Crippen LogP contribution in [0.15, 0.2) is 60.0 Å². The van der Waals surface area contributed by atoms with Gasteiger partial charge in [-0.15, -0.1) is 11.3 Å². The van der Waals surface area contributed by atoms with Crippen LogP contribution < -0.4 is 5.73 Å². The Kier molecular flexibility index (Phi) is 4.47. The van der Waals surface area contributed by atoms with Gasteiger partial charge in [0.2, 0.25) is 0 Å². The monoisotopic (exact) mass is 306 g/mol. The van der Waals surface area contributed by atoms with Gasteiger partial charge in [0, 0.05) is 10.6 Å². The molecule has 0 spiro atoms. The molecule has 0 radical (unpaired) electrons. The van der Waals surface area contributed by atoms with Crippen LogP contribution in [-0.2, 0) is 0 Å². The molecule has 0 saturated carbocycles. The second-order valence-corrected chi connectivity index (χ2v) is 6.18. The highest BCUT2D eigenvalue weighted by atomic mass is 32.1. The molecule has 2 N–H and O–H groups in total. The van der Waals surface area contributed by atoms with Gasteiger partial charge in [0.1, 0.15) is 0 Å². The molecule has 2 heterocycles. The third-order valence-electron chi connectivity index (χ3n) is 3.50. The van der Waals surface area contributed by atoms with E-state index in [2.05, 4.69) is 46.8 Å². The van der Waals surface area contributed by atoms with Gasteiger partial charge in [-0.25, -0.2) is 0 Å². The molecule has 2 nitrogen and oxygen atoms in total. The lowest BCUT2D eigenvalue weighted by Crippen LogP contribution is -2.09. The number of hydrogen-bond donors (Lipinski definition) is 1. The molecule has 0 amide bonds. The SMILES string of the molecule is Cc1cccc(/C=C/c2ccc(C(N)c3cccs3)cc2)n1. The Labute approximate surface area is 135 Å². The third kappa shape index (κ3) is 3.50. The average molecular weight is 306 g/mol. The molecule has 110 valence electrons. The molecule has 1 unspecified atom stereocenters. The van der Waals surface area contributed by atoms with Gasteiger partial charge in [-0.1, -0.05) is 42.5 Å². The lowest BCUT2D eigenvalue weighted by Gasteiger charge is -2.10. The molecule has 1 atom stereocenters. The lowest BCUT2D eigenvalue weighted by atomic mass is 10.0. The average Bonchev–Trinajstić information content (AvgIpc) is 3.07. The summed E-state index contributed by atoms with van der Waals surface area (Å²) in [5.74, 6) is 0. The molecule has 22 heavy (non-hydrogen) atoms. The summed E-state index contributed by atoms with van der Waals surface area (Å²) in [6.45, 7) is 2.00. The van der Waals surface area contributed by atoms with Crippen LogP contribution in [0, 0.1) is 6.92 Å². The van der Waals surface area contributed by atoms with Gasteiger partial charge in [-0.05, 0) is 47.7 Å². The Morgan fingerprint density at radius 2 is 1.82 bits per heavy atom. The number of nitrogens with two attached hydrogens (primary N) is 1. The zero-order valence-corrected chi connectivity index (χ0v) is 13.3. The molecule has 3 heteroatoms. The standard InChI is InChI=1S/C19H18N2S/c1-14-4-2-5-17(21-14)12-9-15-7-10-16(11-8-15)19(20)18-6-3-13-22-18/h2-13,19H,20H2,1H3/b12-9+. The van der Waals surface area contributed by atoms with Crippen molar-refractivity contribution in [2.24, 2.45) is 5.73 Å². The summed E-state index contributed by atoms with van der Waals surface area (Å²) >= 11 is 1.69. The van der Waals surface area contributed by atoms with Crippen LogP contribution in [0.2, 0.25) is 0 Å². The molecule has 0 fully saturated rings. The fourth-order valence-electron chi connectivity index (χ4n) is 2.29. The van der Waals surface area contributed by atoms with Gasteiger partial charge in [-0.3, -0.25) is 4.98 Å². The summed E-state index contributed by atoms with van der Waals surface area (Å²) in [5, 5.41) is 2.06. The molecule has 3 rings (SSSR count). The minimum atomic E-state index is -0.0449. The van der Waals surface area contributed by atoms with Gasteiger partial charge in [0.05, 0.1) is 11.7 Å². The molecule has 0 aliphatic carbocycles. The van der Waals surface area contributed by atoms with Gasteiger partial charge in [-0.2, -0.15) is 0 Å². The van der Waals surface area contributed by atoms with Gasteiger partial charge >= 0.3 is 0 Å². The first-order valence-electron chi connectivity index (χ1n) is 7.23. The first-order valence-corrected chi connectivity index (χ1v) is 8.11. The van der Waals surface area contributed by atoms with Crippen molar-refractivity contribution in [3.8, 4) is 0 Å². The zero-order chi connectivity index (χ0) is 15.4. The molecule has 2 aromatic heterocycles. The van der Waals surface area contributed by atoms with Gasteiger partial charge < -0.3 is 5.73 Å². The van der Waals surface area contributed by atoms with Crippen LogP contribution in [0.5, 0.6) is 0 Å². The number of benzene rings is 1. The topological polar surface area (TPSA) is 38.9 Å². The Bertz CT molecular complexity index is 758. The van der Waals surface area contributed by atoms with Crippen molar-refractivity contribution in [3.05, 3.63) is 87.4 Å². The van der Waals surface area contributed by atoms with Gasteiger partial charge in [0.25, 0.3) is 0 Å². The third-order valence-corrected chi connectivity index (χ3v) is 4.46. The maximum absolute atomic E-state index is 6.27. The predicted molar refractivity (Wildman–Crippen MR) is 94.7 cm³/mol. The van der Waals surface area contributed by atoms with Crippen LogP contribution in [-0.4, -0.2) is 4.98 Å². The van der Waals surface area contributed by atoms with E-state index in [1.807, 2.05) is 37.3 Å². The number of pyridine rings is 1. The van der Waals surface area contributed by atoms with E-state index in [4.69, 9.17) is 5.73 Å². The molecule has 0 bridgehead atoms. The number of aromatic nitrogens is 1. The van der Waals surface area contributed by atoms with E-state index in [9.17, 15) is 0 Å². The van der Waals surface area contributed by atoms with E-state index in [0.717, 1.165) is 22.5 Å². The van der Waals surface area contributed by atoms with Crippen molar-refractivity contribution < 1.29 is 0 Å². The van der Waals surface area contributed by atoms with Crippen molar-refractivity contribution in [2.45, 2.75) is 13.0 Å². The zero-order valence-electron chi connectivity index (χ0n) is 12.4. The maximum atomic E-state index is 6.27. The second-order valence-electron chi connectivity index (χ2n) is 5.20. The van der Waals surface area contributed by atoms with Crippen molar-refractivity contribution >= 4 is 23.5 Å². The highest BCUT2D eigenvalue weighted by Gasteiger charge is 2.08. The maximum Gasteiger partial charge on any atom is 0.0645 e. The quantitative estimate of drug-likeness (QED) is 0.760. The van der Waals surface area contributed by atoms with Crippen molar-refractivity contribution in [3.63, 3.8) is 0 Å². The molecular formula is C19H18N2S. The second kappa shape index (κ2) is 6.69. The Balaban J connectivity index is 1.74. The number of hydrogen-bond acceptors (Lipinski definition) is 3. The minimum absolute atomic E-state index is 0.0449. The summed E-state index contributed by atoms with van der Waals surface area (Å²) < 4.78 is 0. The summed E-state index contributed by atoms with van der Waals surface area (Å²) in [7, 11) is 0. The first kappa shape index (κ1) is 14.7. The van der Waals surface area contributed by atoms with Crippen molar-refractivity contribution in [1.82, 2.24) is 4.98 Å². The largest absolute Gasteiger partial charge is 0.320 e. The van der Waals surface area contributed by atoms with E-state index in [1.54, 1.807) is 11.3 Å². The summed E-state index contributed by atoms with van der Waals surface area (Å²) in [6, 6.07) is 18.5. The summed E-state index contributed by atoms with van der Waals surface area (Å²) in [6.07, 6.45) is 4.10. The molecule has 3 aromatic rings.